The van der Waals surface area contributed by atoms with E-state index in [0.29, 0.717) is 11.9 Å². The van der Waals surface area contributed by atoms with Crippen LogP contribution in [0, 0.1) is 0 Å². The summed E-state index contributed by atoms with van der Waals surface area (Å²) in [5, 5.41) is 3.60. The lowest BCUT2D eigenvalue weighted by atomic mass is 10.0. The predicted octanol–water partition coefficient (Wildman–Crippen LogP) is 1.85. The molecular weight excluding hydrogens is 250 g/mol. The molecule has 0 aliphatic carbocycles. The quantitative estimate of drug-likeness (QED) is 0.835. The molecule has 1 atom stereocenters. The van der Waals surface area contributed by atoms with Gasteiger partial charge < -0.3 is 10.2 Å². The number of hydrogen-bond acceptors (Lipinski definition) is 3. The van der Waals surface area contributed by atoms with Gasteiger partial charge in [-0.3, -0.25) is 9.69 Å². The van der Waals surface area contributed by atoms with Crippen molar-refractivity contribution in [3.05, 3.63) is 0 Å². The Hall–Kier alpha value is -0.610. The second-order valence-corrected chi connectivity index (χ2v) is 6.33. The van der Waals surface area contributed by atoms with Crippen LogP contribution in [0.15, 0.2) is 0 Å². The highest BCUT2D eigenvalue weighted by Gasteiger charge is 2.29. The van der Waals surface area contributed by atoms with Crippen molar-refractivity contribution in [2.75, 3.05) is 32.7 Å². The van der Waals surface area contributed by atoms with Gasteiger partial charge in [-0.05, 0) is 52.0 Å². The van der Waals surface area contributed by atoms with Gasteiger partial charge in [0.05, 0.1) is 6.04 Å². The first-order valence-electron chi connectivity index (χ1n) is 8.48. The van der Waals surface area contributed by atoms with Crippen LogP contribution in [0.4, 0.5) is 0 Å². The third-order valence-corrected chi connectivity index (χ3v) is 4.79. The molecule has 4 nitrogen and oxygen atoms in total. The predicted molar refractivity (Wildman–Crippen MR) is 82.8 cm³/mol. The van der Waals surface area contributed by atoms with Gasteiger partial charge in [-0.1, -0.05) is 6.92 Å². The molecule has 2 aliphatic rings. The third kappa shape index (κ3) is 4.19. The van der Waals surface area contributed by atoms with E-state index >= 15 is 0 Å². The van der Waals surface area contributed by atoms with Crippen molar-refractivity contribution in [2.24, 2.45) is 0 Å². The minimum Gasteiger partial charge on any atom is -0.341 e. The number of hydrogen-bond donors (Lipinski definition) is 1. The topological polar surface area (TPSA) is 35.6 Å². The van der Waals surface area contributed by atoms with Crippen LogP contribution in [0.1, 0.15) is 52.4 Å². The summed E-state index contributed by atoms with van der Waals surface area (Å²) in [4.78, 5) is 17.0. The van der Waals surface area contributed by atoms with Crippen molar-refractivity contribution in [3.8, 4) is 0 Å². The number of piperidine rings is 2. The summed E-state index contributed by atoms with van der Waals surface area (Å²) in [6, 6.07) is 0.726. The Balaban J connectivity index is 1.75. The molecule has 1 N–H and O–H groups in total. The van der Waals surface area contributed by atoms with Crippen molar-refractivity contribution < 1.29 is 4.79 Å². The second-order valence-electron chi connectivity index (χ2n) is 6.33. The minimum absolute atomic E-state index is 0.0697. The molecule has 0 bridgehead atoms. The van der Waals surface area contributed by atoms with Crippen LogP contribution >= 0.6 is 0 Å². The molecule has 2 fully saturated rings. The van der Waals surface area contributed by atoms with E-state index in [-0.39, 0.29) is 6.04 Å². The average Bonchev–Trinajstić information content (AvgIpc) is 2.53. The highest BCUT2D eigenvalue weighted by molar-refractivity contribution is 5.81. The first kappa shape index (κ1) is 15.8. The van der Waals surface area contributed by atoms with E-state index in [0.717, 1.165) is 32.7 Å². The lowest BCUT2D eigenvalue weighted by Crippen LogP contribution is -2.52. The van der Waals surface area contributed by atoms with Crippen molar-refractivity contribution in [2.45, 2.75) is 64.5 Å². The molecule has 20 heavy (non-hydrogen) atoms. The van der Waals surface area contributed by atoms with E-state index in [1.54, 1.807) is 0 Å². The summed E-state index contributed by atoms with van der Waals surface area (Å²) in [6.45, 7) is 9.48. The van der Waals surface area contributed by atoms with Gasteiger partial charge in [0, 0.05) is 32.2 Å². The molecule has 0 radical (unpaired) electrons. The number of carbonyl (C=O) groups is 1. The molecule has 2 saturated heterocycles. The van der Waals surface area contributed by atoms with Gasteiger partial charge in [0.1, 0.15) is 0 Å². The molecule has 4 heteroatoms. The first-order chi connectivity index (χ1) is 9.72. The number of nitrogens with one attached hydrogen (secondary N) is 1. The Morgan fingerprint density at radius 1 is 1.15 bits per heavy atom. The van der Waals surface area contributed by atoms with Crippen LogP contribution < -0.4 is 5.32 Å². The molecule has 1 unspecified atom stereocenters. The summed E-state index contributed by atoms with van der Waals surface area (Å²) in [5.74, 6) is 0.352. The molecule has 0 saturated carbocycles. The van der Waals surface area contributed by atoms with E-state index in [1.165, 1.54) is 38.5 Å². The third-order valence-electron chi connectivity index (χ3n) is 4.79. The zero-order chi connectivity index (χ0) is 14.4. The van der Waals surface area contributed by atoms with E-state index in [1.807, 2.05) is 0 Å². The standard InChI is InChI=1S/C16H31N3O/c1-3-9-17-15-7-12-18(13-8-15)14(2)16(20)19-10-5-4-6-11-19/h14-15,17H,3-13H2,1-2H3. The Morgan fingerprint density at radius 3 is 2.40 bits per heavy atom. The highest BCUT2D eigenvalue weighted by atomic mass is 16.2. The Bertz CT molecular complexity index is 294. The molecule has 116 valence electrons. The lowest BCUT2D eigenvalue weighted by Gasteiger charge is -2.38. The summed E-state index contributed by atoms with van der Waals surface area (Å²) < 4.78 is 0. The van der Waals surface area contributed by atoms with Crippen molar-refractivity contribution in [1.29, 1.82) is 0 Å². The van der Waals surface area contributed by atoms with Crippen molar-refractivity contribution >= 4 is 5.91 Å². The molecule has 2 heterocycles. The fourth-order valence-corrected chi connectivity index (χ4v) is 3.37. The van der Waals surface area contributed by atoms with Gasteiger partial charge >= 0.3 is 0 Å². The van der Waals surface area contributed by atoms with Gasteiger partial charge in [-0.25, -0.2) is 0 Å². The second kappa shape index (κ2) is 7.99. The Labute approximate surface area is 123 Å². The molecule has 0 aromatic rings. The van der Waals surface area contributed by atoms with Crippen molar-refractivity contribution in [1.82, 2.24) is 15.1 Å². The Morgan fingerprint density at radius 2 is 1.80 bits per heavy atom. The maximum absolute atomic E-state index is 12.5. The van der Waals surface area contributed by atoms with Gasteiger partial charge in [0.15, 0.2) is 0 Å². The first-order valence-corrected chi connectivity index (χ1v) is 8.48. The van der Waals surface area contributed by atoms with Crippen LogP contribution in [0.25, 0.3) is 0 Å². The van der Waals surface area contributed by atoms with Crippen LogP contribution in [-0.2, 0) is 4.79 Å². The van der Waals surface area contributed by atoms with E-state index in [4.69, 9.17) is 0 Å². The van der Waals surface area contributed by atoms with Gasteiger partial charge in [0.25, 0.3) is 0 Å². The van der Waals surface area contributed by atoms with Crippen molar-refractivity contribution in [3.63, 3.8) is 0 Å². The maximum atomic E-state index is 12.5. The summed E-state index contributed by atoms with van der Waals surface area (Å²) in [6.07, 6.45) is 7.20. The molecule has 0 spiro atoms. The SMILES string of the molecule is CCCNC1CCN(C(C)C(=O)N2CCCCC2)CC1. The monoisotopic (exact) mass is 281 g/mol. The maximum Gasteiger partial charge on any atom is 0.239 e. The summed E-state index contributed by atoms with van der Waals surface area (Å²) in [5.41, 5.74) is 0. The molecular formula is C16H31N3O. The normalized spacial score (nSPS) is 23.8. The number of carbonyl (C=O) groups excluding carboxylic acids is 1. The summed E-state index contributed by atoms with van der Waals surface area (Å²) >= 11 is 0. The molecule has 2 rings (SSSR count). The summed E-state index contributed by atoms with van der Waals surface area (Å²) in [7, 11) is 0. The van der Waals surface area contributed by atoms with Crippen LogP contribution in [-0.4, -0.2) is 60.5 Å². The highest BCUT2D eigenvalue weighted by Crippen LogP contribution is 2.17. The zero-order valence-electron chi connectivity index (χ0n) is 13.2. The van der Waals surface area contributed by atoms with Gasteiger partial charge in [0.2, 0.25) is 5.91 Å². The number of rotatable bonds is 5. The average molecular weight is 281 g/mol. The minimum atomic E-state index is 0.0697. The number of nitrogens with zero attached hydrogens (tertiary/aromatic N) is 2. The largest absolute Gasteiger partial charge is 0.341 e. The van der Waals surface area contributed by atoms with Crippen LogP contribution in [0.5, 0.6) is 0 Å². The van der Waals surface area contributed by atoms with E-state index in [9.17, 15) is 4.79 Å². The van der Waals surface area contributed by atoms with Gasteiger partial charge in [-0.15, -0.1) is 0 Å². The number of amides is 1. The zero-order valence-corrected chi connectivity index (χ0v) is 13.2. The smallest absolute Gasteiger partial charge is 0.239 e. The van der Waals surface area contributed by atoms with E-state index in [2.05, 4.69) is 29.0 Å². The molecule has 2 aliphatic heterocycles. The molecule has 0 aromatic carbocycles. The number of likely N-dealkylation sites (tertiary alicyclic amines) is 2. The lowest BCUT2D eigenvalue weighted by molar-refractivity contribution is -0.137. The fraction of sp³-hybridized carbons (Fsp3) is 0.938. The van der Waals surface area contributed by atoms with E-state index < -0.39 is 0 Å². The Kier molecular flexibility index (Phi) is 6.30. The molecule has 0 aromatic heterocycles. The van der Waals surface area contributed by atoms with Crippen LogP contribution in [0.2, 0.25) is 0 Å². The molecule has 1 amide bonds. The van der Waals surface area contributed by atoms with Gasteiger partial charge in [-0.2, -0.15) is 0 Å². The van der Waals surface area contributed by atoms with Crippen LogP contribution in [0.3, 0.4) is 0 Å². The fourth-order valence-electron chi connectivity index (χ4n) is 3.37.